The predicted octanol–water partition coefficient (Wildman–Crippen LogP) is 10.6. The number of anilines is 4. The van der Waals surface area contributed by atoms with Gasteiger partial charge in [-0.05, 0) is 85.6 Å². The van der Waals surface area contributed by atoms with E-state index < -0.39 is 0 Å². The summed E-state index contributed by atoms with van der Waals surface area (Å²) in [6.45, 7) is 4.24. The quantitative estimate of drug-likeness (QED) is 0.203. The van der Waals surface area contributed by atoms with Gasteiger partial charge < -0.3 is 10.6 Å². The minimum Gasteiger partial charge on any atom is -0.355 e. The summed E-state index contributed by atoms with van der Waals surface area (Å²) in [6, 6.07) is 38.4. The van der Waals surface area contributed by atoms with E-state index in [0.29, 0.717) is 0 Å². The van der Waals surface area contributed by atoms with Gasteiger partial charge in [0.05, 0.1) is 0 Å². The van der Waals surface area contributed by atoms with Gasteiger partial charge in [0.1, 0.15) is 0 Å². The van der Waals surface area contributed by atoms with E-state index in [1.807, 2.05) is 0 Å². The summed E-state index contributed by atoms with van der Waals surface area (Å²) in [5, 5.41) is 7.36. The van der Waals surface area contributed by atoms with Crippen molar-refractivity contribution in [3.05, 3.63) is 129 Å². The predicted molar refractivity (Wildman–Crippen MR) is 162 cm³/mol. The minimum atomic E-state index is 1.04. The second kappa shape index (κ2) is 10.7. The molecule has 0 heterocycles. The summed E-state index contributed by atoms with van der Waals surface area (Å²) in [6.07, 6.45) is 0. The van der Waals surface area contributed by atoms with Gasteiger partial charge in [-0.1, -0.05) is 91.5 Å². The van der Waals surface area contributed by atoms with Crippen LogP contribution in [0, 0.1) is 13.8 Å². The van der Waals surface area contributed by atoms with Crippen LogP contribution in [0.15, 0.2) is 118 Å². The fourth-order valence-electron chi connectivity index (χ4n) is 4.23. The highest BCUT2D eigenvalue weighted by Crippen LogP contribution is 2.44. The lowest BCUT2D eigenvalue weighted by Gasteiger charge is -2.22. The van der Waals surface area contributed by atoms with Crippen molar-refractivity contribution < 1.29 is 0 Å². The highest BCUT2D eigenvalue weighted by Gasteiger charge is 2.18. The Balaban J connectivity index is 1.73. The average Bonchev–Trinajstić information content (AvgIpc) is 2.88. The molecule has 5 rings (SSSR count). The zero-order valence-corrected chi connectivity index (χ0v) is 23.3. The first-order valence-corrected chi connectivity index (χ1v) is 13.4. The third kappa shape index (κ3) is 5.56. The Kier molecular flexibility index (Phi) is 7.26. The molecule has 0 spiro atoms. The molecule has 0 saturated heterocycles. The van der Waals surface area contributed by atoms with Crippen molar-refractivity contribution in [2.75, 3.05) is 10.6 Å². The zero-order chi connectivity index (χ0) is 25.1. The topological polar surface area (TPSA) is 24.1 Å². The van der Waals surface area contributed by atoms with Crippen LogP contribution in [0.3, 0.4) is 0 Å². The molecule has 2 nitrogen and oxygen atoms in total. The number of halogens is 2. The van der Waals surface area contributed by atoms with Crippen molar-refractivity contribution >= 4 is 54.6 Å². The Morgan fingerprint density at radius 3 is 1.08 bits per heavy atom. The van der Waals surface area contributed by atoms with Crippen molar-refractivity contribution in [1.29, 1.82) is 0 Å². The maximum Gasteiger partial charge on any atom is 0.0471 e. The van der Waals surface area contributed by atoms with E-state index in [0.717, 1.165) is 53.9 Å². The van der Waals surface area contributed by atoms with Crippen LogP contribution in [0.4, 0.5) is 22.7 Å². The molecule has 5 aromatic rings. The minimum absolute atomic E-state index is 1.04. The maximum absolute atomic E-state index is 3.68. The molecular formula is C32H26Br2N2. The lowest BCUT2D eigenvalue weighted by Crippen LogP contribution is -2.00. The smallest absolute Gasteiger partial charge is 0.0471 e. The molecule has 5 aromatic carbocycles. The normalized spacial score (nSPS) is 10.8. The first-order valence-electron chi connectivity index (χ1n) is 11.8. The molecular weight excluding hydrogens is 572 g/mol. The van der Waals surface area contributed by atoms with Gasteiger partial charge in [0, 0.05) is 42.8 Å². The zero-order valence-electron chi connectivity index (χ0n) is 20.1. The number of hydrogen-bond donors (Lipinski definition) is 2. The molecule has 2 N–H and O–H groups in total. The molecule has 0 bridgehead atoms. The van der Waals surface area contributed by atoms with E-state index >= 15 is 0 Å². The molecule has 0 saturated carbocycles. The highest BCUT2D eigenvalue weighted by molar-refractivity contribution is 9.10. The van der Waals surface area contributed by atoms with Crippen molar-refractivity contribution in [2.24, 2.45) is 0 Å². The molecule has 0 unspecified atom stereocenters. The number of benzene rings is 5. The van der Waals surface area contributed by atoms with Crippen molar-refractivity contribution in [3.8, 4) is 22.3 Å². The van der Waals surface area contributed by atoms with Crippen LogP contribution in [0.2, 0.25) is 0 Å². The summed E-state index contributed by atoms with van der Waals surface area (Å²) >= 11 is 7.09. The summed E-state index contributed by atoms with van der Waals surface area (Å²) in [5.74, 6) is 0. The first-order chi connectivity index (χ1) is 17.5. The Hall–Kier alpha value is -3.34. The Morgan fingerprint density at radius 1 is 0.417 bits per heavy atom. The van der Waals surface area contributed by atoms with Crippen LogP contribution in [-0.4, -0.2) is 0 Å². The molecule has 0 atom stereocenters. The SMILES string of the molecule is Cc1ccc(-c2c(Nc3ccc(Br)cc3)ccc(Nc3ccc(Br)cc3)c2-c2ccc(C)cc2)cc1. The summed E-state index contributed by atoms with van der Waals surface area (Å²) in [7, 11) is 0. The molecule has 0 aromatic heterocycles. The molecule has 4 heteroatoms. The molecule has 178 valence electrons. The van der Waals surface area contributed by atoms with Crippen LogP contribution in [-0.2, 0) is 0 Å². The number of nitrogens with one attached hydrogen (secondary N) is 2. The third-order valence-corrected chi connectivity index (χ3v) is 7.19. The molecule has 0 aliphatic heterocycles. The Morgan fingerprint density at radius 2 is 0.750 bits per heavy atom. The van der Waals surface area contributed by atoms with E-state index in [1.54, 1.807) is 0 Å². The first kappa shape index (κ1) is 24.4. The number of aryl methyl sites for hydroxylation is 2. The fourth-order valence-corrected chi connectivity index (χ4v) is 4.76. The van der Waals surface area contributed by atoms with Crippen LogP contribution < -0.4 is 10.6 Å². The number of rotatable bonds is 6. The van der Waals surface area contributed by atoms with Gasteiger partial charge in [-0.15, -0.1) is 0 Å². The summed E-state index contributed by atoms with van der Waals surface area (Å²) in [5.41, 5.74) is 11.3. The molecule has 0 aliphatic carbocycles. The van der Waals surface area contributed by atoms with Crippen molar-refractivity contribution in [2.45, 2.75) is 13.8 Å². The van der Waals surface area contributed by atoms with Gasteiger partial charge in [-0.3, -0.25) is 0 Å². The van der Waals surface area contributed by atoms with Gasteiger partial charge in [0.25, 0.3) is 0 Å². The van der Waals surface area contributed by atoms with E-state index in [2.05, 4.69) is 166 Å². The summed E-state index contributed by atoms with van der Waals surface area (Å²) < 4.78 is 2.11. The number of hydrogen-bond acceptors (Lipinski definition) is 2. The molecule has 36 heavy (non-hydrogen) atoms. The van der Waals surface area contributed by atoms with E-state index in [4.69, 9.17) is 0 Å². The molecule has 0 aliphatic rings. The van der Waals surface area contributed by atoms with Gasteiger partial charge >= 0.3 is 0 Å². The maximum atomic E-state index is 3.68. The van der Waals surface area contributed by atoms with Gasteiger partial charge in [0.15, 0.2) is 0 Å². The van der Waals surface area contributed by atoms with E-state index in [-0.39, 0.29) is 0 Å². The largest absolute Gasteiger partial charge is 0.355 e. The van der Waals surface area contributed by atoms with Crippen molar-refractivity contribution in [3.63, 3.8) is 0 Å². The van der Waals surface area contributed by atoms with E-state index in [1.165, 1.54) is 11.1 Å². The second-order valence-electron chi connectivity index (χ2n) is 8.91. The lowest BCUT2D eigenvalue weighted by molar-refractivity contribution is 1.44. The monoisotopic (exact) mass is 596 g/mol. The lowest BCUT2D eigenvalue weighted by atomic mass is 9.90. The highest BCUT2D eigenvalue weighted by atomic mass is 79.9. The van der Waals surface area contributed by atoms with E-state index in [9.17, 15) is 0 Å². The van der Waals surface area contributed by atoms with Crippen LogP contribution >= 0.6 is 31.9 Å². The molecule has 0 radical (unpaired) electrons. The third-order valence-electron chi connectivity index (χ3n) is 6.13. The average molecular weight is 598 g/mol. The molecule has 0 fully saturated rings. The van der Waals surface area contributed by atoms with Gasteiger partial charge in [0.2, 0.25) is 0 Å². The standard InChI is InChI=1S/C32H26Br2N2/c1-21-3-7-23(8-4-21)31-29(35-27-15-11-25(33)12-16-27)19-20-30(36-28-17-13-26(34)14-18-28)32(31)24-9-5-22(2)6-10-24/h3-20,35-36H,1-2H3. The summed E-state index contributed by atoms with van der Waals surface area (Å²) in [4.78, 5) is 0. The van der Waals surface area contributed by atoms with Crippen LogP contribution in [0.5, 0.6) is 0 Å². The fraction of sp³-hybridized carbons (Fsp3) is 0.0625. The Labute approximate surface area is 229 Å². The second-order valence-corrected chi connectivity index (χ2v) is 10.7. The van der Waals surface area contributed by atoms with Crippen LogP contribution in [0.25, 0.3) is 22.3 Å². The van der Waals surface area contributed by atoms with Crippen molar-refractivity contribution in [1.82, 2.24) is 0 Å². The Bertz CT molecular complexity index is 1360. The van der Waals surface area contributed by atoms with Gasteiger partial charge in [-0.2, -0.15) is 0 Å². The van der Waals surface area contributed by atoms with Crippen LogP contribution in [0.1, 0.15) is 11.1 Å². The van der Waals surface area contributed by atoms with Gasteiger partial charge in [-0.25, -0.2) is 0 Å². The molecule has 0 amide bonds.